The number of ether oxygens (including phenoxy) is 2. The van der Waals surface area contributed by atoms with Gasteiger partial charge < -0.3 is 31.2 Å². The number of rotatable bonds is 11. The fourth-order valence-electron chi connectivity index (χ4n) is 7.25. The van der Waals surface area contributed by atoms with Gasteiger partial charge in [0.05, 0.1) is 12.1 Å². The van der Waals surface area contributed by atoms with Crippen LogP contribution in [0.4, 0.5) is 8.78 Å². The van der Waals surface area contributed by atoms with Crippen LogP contribution in [-0.4, -0.2) is 56.5 Å². The number of fused-ring (bicyclic) bond motifs is 1. The number of allylic oxidation sites excluding steroid dienone is 3. The lowest BCUT2D eigenvalue weighted by atomic mass is 9.76. The Morgan fingerprint density at radius 3 is 2.48 bits per heavy atom. The van der Waals surface area contributed by atoms with E-state index in [1.807, 2.05) is 44.3 Å². The summed E-state index contributed by atoms with van der Waals surface area (Å²) in [6.45, 7) is 3.50. The van der Waals surface area contributed by atoms with Crippen LogP contribution >= 0.6 is 11.6 Å². The molecular weight excluding hydrogens is 614 g/mol. The molecule has 1 aliphatic heterocycles. The summed E-state index contributed by atoms with van der Waals surface area (Å²) >= 11 is 6.63. The third-order valence-electron chi connectivity index (χ3n) is 9.87. The van der Waals surface area contributed by atoms with Gasteiger partial charge in [-0.25, -0.2) is 8.78 Å². The molecular formula is C35H43ClF2N4O4. The molecule has 11 heteroatoms. The first-order chi connectivity index (χ1) is 22.0. The number of hydrogen-bond donors (Lipinski definition) is 3. The molecule has 2 atom stereocenters. The first-order valence-electron chi connectivity index (χ1n) is 15.9. The highest BCUT2D eigenvalue weighted by Crippen LogP contribution is 2.56. The zero-order valence-electron chi connectivity index (χ0n) is 26.6. The van der Waals surface area contributed by atoms with Gasteiger partial charge in [-0.15, -0.1) is 0 Å². The largest absolute Gasteiger partial charge is 0.498 e. The standard InChI is InChI=1S/C35H43ClF2N4O4/c1-20-28-27(18-25(37)31(36)30(28)29-24(33(40)43)14-15-26(45-3)32(29)38)46-35(20,22-8-5-4-6-9-22)19-41-23-12-10-21(11-13-23)34(44)42(2)17-7-16-39/h4-6,8-9,18,20-21,23,41H,7,10-17,19,39H2,1-3H3,(H2,40,43)/t20-,21?,23?,35-/m0/s1. The Balaban J connectivity index is 1.48. The van der Waals surface area contributed by atoms with Crippen molar-refractivity contribution in [2.75, 3.05) is 33.8 Å². The fourth-order valence-corrected chi connectivity index (χ4v) is 7.50. The van der Waals surface area contributed by atoms with Crippen molar-refractivity contribution in [3.05, 3.63) is 81.1 Å². The Morgan fingerprint density at radius 1 is 1.15 bits per heavy atom. The van der Waals surface area contributed by atoms with Gasteiger partial charge in [0, 0.05) is 72.8 Å². The second-order valence-electron chi connectivity index (χ2n) is 12.5. The molecule has 5 N–H and O–H groups in total. The number of nitrogens with two attached hydrogens (primary N) is 2. The zero-order valence-corrected chi connectivity index (χ0v) is 27.4. The molecule has 8 nitrogen and oxygen atoms in total. The van der Waals surface area contributed by atoms with Crippen molar-refractivity contribution in [1.29, 1.82) is 0 Å². The monoisotopic (exact) mass is 656 g/mol. The van der Waals surface area contributed by atoms with Gasteiger partial charge in [0.2, 0.25) is 11.8 Å². The molecule has 46 heavy (non-hydrogen) atoms. The van der Waals surface area contributed by atoms with E-state index in [0.29, 0.717) is 25.2 Å². The molecule has 0 radical (unpaired) electrons. The van der Waals surface area contributed by atoms with Crippen molar-refractivity contribution in [2.45, 2.75) is 69.4 Å². The number of nitrogens with zero attached hydrogens (tertiary/aromatic N) is 1. The number of nitrogens with one attached hydrogen (secondary N) is 1. The van der Waals surface area contributed by atoms with E-state index in [0.717, 1.165) is 37.7 Å². The van der Waals surface area contributed by atoms with Crippen LogP contribution in [0.5, 0.6) is 5.75 Å². The number of methoxy groups -OCH3 is 1. The summed E-state index contributed by atoms with van der Waals surface area (Å²) in [5, 5.41) is 3.38. The van der Waals surface area contributed by atoms with E-state index in [-0.39, 0.29) is 63.9 Å². The van der Waals surface area contributed by atoms with Crippen LogP contribution in [0.2, 0.25) is 5.02 Å². The predicted octanol–water partition coefficient (Wildman–Crippen LogP) is 5.69. The minimum Gasteiger partial charge on any atom is -0.498 e. The van der Waals surface area contributed by atoms with E-state index in [2.05, 4.69) is 5.32 Å². The lowest BCUT2D eigenvalue weighted by Crippen LogP contribution is -2.48. The summed E-state index contributed by atoms with van der Waals surface area (Å²) in [6.07, 6.45) is 4.18. The molecule has 0 bridgehead atoms. The Bertz CT molecular complexity index is 1540. The highest BCUT2D eigenvalue weighted by molar-refractivity contribution is 6.33. The highest BCUT2D eigenvalue weighted by atomic mass is 35.5. The van der Waals surface area contributed by atoms with Crippen LogP contribution in [0.3, 0.4) is 0 Å². The van der Waals surface area contributed by atoms with E-state index >= 15 is 8.78 Å². The van der Waals surface area contributed by atoms with Crippen LogP contribution in [0, 0.1) is 11.7 Å². The molecule has 0 spiro atoms. The van der Waals surface area contributed by atoms with E-state index in [4.69, 9.17) is 32.5 Å². The molecule has 3 aliphatic rings. The van der Waals surface area contributed by atoms with Gasteiger partial charge in [-0.2, -0.15) is 0 Å². The number of hydrogen-bond acceptors (Lipinski definition) is 6. The summed E-state index contributed by atoms with van der Waals surface area (Å²) in [7, 11) is 3.18. The van der Waals surface area contributed by atoms with Gasteiger partial charge in [-0.05, 0) is 50.6 Å². The smallest absolute Gasteiger partial charge is 0.245 e. The van der Waals surface area contributed by atoms with Crippen LogP contribution in [-0.2, 0) is 19.9 Å². The average molecular weight is 657 g/mol. The summed E-state index contributed by atoms with van der Waals surface area (Å²) in [5.74, 6) is -2.46. The molecule has 2 aromatic carbocycles. The number of carbonyl (C=O) groups is 2. The van der Waals surface area contributed by atoms with E-state index in [1.165, 1.54) is 13.2 Å². The number of halogens is 3. The summed E-state index contributed by atoms with van der Waals surface area (Å²) < 4.78 is 43.6. The van der Waals surface area contributed by atoms with Crippen LogP contribution in [0.25, 0.3) is 5.57 Å². The summed E-state index contributed by atoms with van der Waals surface area (Å²) in [4.78, 5) is 27.3. The summed E-state index contributed by atoms with van der Waals surface area (Å²) in [5.41, 5.74) is 11.6. The van der Waals surface area contributed by atoms with Gasteiger partial charge in [-0.3, -0.25) is 9.59 Å². The maximum Gasteiger partial charge on any atom is 0.245 e. The van der Waals surface area contributed by atoms with E-state index < -0.39 is 29.1 Å². The number of benzene rings is 2. The third kappa shape index (κ3) is 6.27. The minimum absolute atomic E-state index is 0.0225. The highest BCUT2D eigenvalue weighted by Gasteiger charge is 2.50. The predicted molar refractivity (Wildman–Crippen MR) is 174 cm³/mol. The number of primary amides is 1. The normalized spacial score (nSPS) is 24.5. The maximum atomic E-state index is 16.0. The molecule has 1 saturated carbocycles. The van der Waals surface area contributed by atoms with E-state index in [1.54, 1.807) is 4.90 Å². The zero-order chi connectivity index (χ0) is 33.2. The van der Waals surface area contributed by atoms with Gasteiger partial charge in [0.1, 0.15) is 17.3 Å². The lowest BCUT2D eigenvalue weighted by molar-refractivity contribution is -0.135. The van der Waals surface area contributed by atoms with Crippen LogP contribution in [0.15, 0.2) is 53.6 Å². The summed E-state index contributed by atoms with van der Waals surface area (Å²) in [6, 6.07) is 11.0. The van der Waals surface area contributed by atoms with Crippen molar-refractivity contribution in [3.63, 3.8) is 0 Å². The maximum absolute atomic E-state index is 16.0. The van der Waals surface area contributed by atoms with Crippen molar-refractivity contribution < 1.29 is 27.8 Å². The van der Waals surface area contributed by atoms with Gasteiger partial charge in [0.25, 0.3) is 0 Å². The molecule has 2 aromatic rings. The van der Waals surface area contributed by atoms with Crippen molar-refractivity contribution >= 4 is 29.0 Å². The topological polar surface area (TPSA) is 120 Å². The Kier molecular flexibility index (Phi) is 10.4. The minimum atomic E-state index is -1.02. The molecule has 248 valence electrons. The Hall–Kier alpha value is -3.47. The third-order valence-corrected chi connectivity index (χ3v) is 10.2. The van der Waals surface area contributed by atoms with Gasteiger partial charge in [0.15, 0.2) is 11.4 Å². The lowest BCUT2D eigenvalue weighted by Gasteiger charge is -2.37. The first-order valence-corrected chi connectivity index (χ1v) is 16.3. The SMILES string of the molecule is COC1=C(F)C(c2c(Cl)c(F)cc3c2[C@H](C)[C@@](CNC2CCC(C(=O)N(C)CCCN)CC2)(c2ccccc2)O3)=C(C(N)=O)CC1. The number of carbonyl (C=O) groups excluding carboxylic acids is 2. The molecule has 0 aromatic heterocycles. The van der Waals surface area contributed by atoms with E-state index in [9.17, 15) is 9.59 Å². The Labute approximate surface area is 274 Å². The van der Waals surface area contributed by atoms with Crippen molar-refractivity contribution in [2.24, 2.45) is 17.4 Å². The molecule has 2 aliphatic carbocycles. The van der Waals surface area contributed by atoms with Gasteiger partial charge >= 0.3 is 0 Å². The molecule has 0 saturated heterocycles. The molecule has 5 rings (SSSR count). The quantitative estimate of drug-likeness (QED) is 0.286. The van der Waals surface area contributed by atoms with Crippen molar-refractivity contribution in [3.8, 4) is 5.75 Å². The molecule has 1 heterocycles. The molecule has 2 amide bonds. The fraction of sp³-hybridized carbons (Fsp3) is 0.486. The van der Waals surface area contributed by atoms with Crippen LogP contribution in [0.1, 0.15) is 74.5 Å². The second-order valence-corrected chi connectivity index (χ2v) is 12.9. The molecule has 0 unspecified atom stereocenters. The average Bonchev–Trinajstić information content (AvgIpc) is 3.34. The first kappa shape index (κ1) is 33.9. The van der Waals surface area contributed by atoms with Gasteiger partial charge in [-0.1, -0.05) is 48.9 Å². The number of amides is 2. The van der Waals surface area contributed by atoms with Crippen molar-refractivity contribution in [1.82, 2.24) is 10.2 Å². The Morgan fingerprint density at radius 2 is 1.85 bits per heavy atom. The van der Waals surface area contributed by atoms with Crippen LogP contribution < -0.4 is 21.5 Å². The molecule has 1 fully saturated rings. The second kappa shape index (κ2) is 14.1.